The molecule has 0 fully saturated rings. The predicted octanol–water partition coefficient (Wildman–Crippen LogP) is 3.33. The summed E-state index contributed by atoms with van der Waals surface area (Å²) in [4.78, 5) is 24.0. The van der Waals surface area contributed by atoms with Crippen molar-refractivity contribution in [2.24, 2.45) is 0 Å². The van der Waals surface area contributed by atoms with Crippen LogP contribution in [0.4, 0.5) is 23.7 Å². The molecule has 2 aromatic carbocycles. The van der Waals surface area contributed by atoms with Crippen LogP contribution in [0.5, 0.6) is 5.75 Å². The first-order chi connectivity index (χ1) is 13.3. The van der Waals surface area contributed by atoms with Crippen LogP contribution < -0.4 is 15.4 Å². The van der Waals surface area contributed by atoms with E-state index in [1.54, 1.807) is 12.1 Å². The van der Waals surface area contributed by atoms with Gasteiger partial charge in [-0.25, -0.2) is 4.79 Å². The van der Waals surface area contributed by atoms with Crippen molar-refractivity contribution in [2.75, 3.05) is 18.9 Å². The SMILES string of the molecule is CN(CC1Nc2ccccc2OC1c1ccccc1)C(=O)NC(=O)C(F)(F)F. The Labute approximate surface area is 159 Å². The number of likely N-dealkylation sites (N-methyl/N-ethyl adjacent to an activating group) is 1. The van der Waals surface area contributed by atoms with Crippen LogP contribution in [-0.4, -0.2) is 42.6 Å². The summed E-state index contributed by atoms with van der Waals surface area (Å²) in [6, 6.07) is 14.9. The molecule has 0 saturated heterocycles. The normalized spacial score (nSPS) is 18.3. The van der Waals surface area contributed by atoms with E-state index in [0.29, 0.717) is 11.4 Å². The van der Waals surface area contributed by atoms with E-state index >= 15 is 0 Å². The Morgan fingerprint density at radius 3 is 2.43 bits per heavy atom. The first-order valence-electron chi connectivity index (χ1n) is 8.46. The molecule has 0 saturated carbocycles. The first kappa shape index (κ1) is 19.5. The quantitative estimate of drug-likeness (QED) is 0.839. The minimum Gasteiger partial charge on any atom is -0.481 e. The van der Waals surface area contributed by atoms with Gasteiger partial charge in [0, 0.05) is 13.6 Å². The van der Waals surface area contributed by atoms with E-state index in [-0.39, 0.29) is 6.54 Å². The average Bonchev–Trinajstić information content (AvgIpc) is 2.67. The maximum atomic E-state index is 12.4. The zero-order chi connectivity index (χ0) is 20.3. The number of carbonyl (C=O) groups excluding carboxylic acids is 2. The Balaban J connectivity index is 1.78. The number of rotatable bonds is 3. The molecule has 0 bridgehead atoms. The summed E-state index contributed by atoms with van der Waals surface area (Å²) < 4.78 is 43.2. The number of nitrogens with zero attached hydrogens (tertiary/aromatic N) is 1. The van der Waals surface area contributed by atoms with Crippen LogP contribution in [0.2, 0.25) is 0 Å². The molecule has 148 valence electrons. The standard InChI is InChI=1S/C19H18F3N3O3/c1-25(18(27)24-17(26)19(20,21)22)11-14-16(12-7-3-2-4-8-12)28-15-10-6-5-9-13(15)23-14/h2-10,14,16,23H,11H2,1H3,(H,24,26,27). The van der Waals surface area contributed by atoms with E-state index in [2.05, 4.69) is 5.32 Å². The number of benzene rings is 2. The van der Waals surface area contributed by atoms with Crippen LogP contribution in [0.25, 0.3) is 0 Å². The maximum absolute atomic E-state index is 12.4. The molecule has 6 nitrogen and oxygen atoms in total. The molecule has 2 atom stereocenters. The smallest absolute Gasteiger partial charge is 0.471 e. The molecule has 1 heterocycles. The summed E-state index contributed by atoms with van der Waals surface area (Å²) in [6.07, 6.45) is -5.61. The van der Waals surface area contributed by atoms with E-state index in [0.717, 1.165) is 10.5 Å². The number of amides is 3. The first-order valence-corrected chi connectivity index (χ1v) is 8.46. The average molecular weight is 393 g/mol. The largest absolute Gasteiger partial charge is 0.481 e. The van der Waals surface area contributed by atoms with Gasteiger partial charge in [-0.3, -0.25) is 10.1 Å². The van der Waals surface area contributed by atoms with Gasteiger partial charge in [-0.15, -0.1) is 0 Å². The molecule has 2 aromatic rings. The fraction of sp³-hybridized carbons (Fsp3) is 0.263. The molecule has 2 unspecified atom stereocenters. The van der Waals surface area contributed by atoms with Gasteiger partial charge in [-0.1, -0.05) is 42.5 Å². The van der Waals surface area contributed by atoms with Crippen LogP contribution in [0.3, 0.4) is 0 Å². The second-order valence-electron chi connectivity index (χ2n) is 6.33. The molecule has 3 rings (SSSR count). The summed E-state index contributed by atoms with van der Waals surface area (Å²) in [7, 11) is 1.31. The molecule has 1 aliphatic heterocycles. The minimum atomic E-state index is -5.13. The lowest BCUT2D eigenvalue weighted by molar-refractivity contribution is -0.172. The third kappa shape index (κ3) is 4.36. The molecule has 0 spiro atoms. The Bertz CT molecular complexity index is 858. The number of alkyl halides is 3. The van der Waals surface area contributed by atoms with Crippen LogP contribution in [0.15, 0.2) is 54.6 Å². The predicted molar refractivity (Wildman–Crippen MR) is 95.9 cm³/mol. The number of ether oxygens (including phenoxy) is 1. The molecular formula is C19H18F3N3O3. The lowest BCUT2D eigenvalue weighted by atomic mass is 9.99. The highest BCUT2D eigenvalue weighted by Gasteiger charge is 2.40. The highest BCUT2D eigenvalue weighted by molar-refractivity contribution is 5.97. The molecule has 3 amide bonds. The summed E-state index contributed by atoms with van der Waals surface area (Å²) in [5.74, 6) is -1.67. The number of hydrogen-bond donors (Lipinski definition) is 2. The van der Waals surface area contributed by atoms with Crippen molar-refractivity contribution in [3.63, 3.8) is 0 Å². The van der Waals surface area contributed by atoms with Crippen LogP contribution in [0.1, 0.15) is 11.7 Å². The number of para-hydroxylation sites is 2. The number of carbonyl (C=O) groups is 2. The number of nitrogens with one attached hydrogen (secondary N) is 2. The van der Waals surface area contributed by atoms with Gasteiger partial charge in [-0.2, -0.15) is 13.2 Å². The molecule has 0 radical (unpaired) electrons. The van der Waals surface area contributed by atoms with Gasteiger partial charge in [0.15, 0.2) is 0 Å². The monoisotopic (exact) mass is 393 g/mol. The van der Waals surface area contributed by atoms with Crippen LogP contribution in [-0.2, 0) is 4.79 Å². The Morgan fingerprint density at radius 2 is 1.75 bits per heavy atom. The van der Waals surface area contributed by atoms with E-state index in [1.807, 2.05) is 42.5 Å². The highest BCUT2D eigenvalue weighted by atomic mass is 19.4. The van der Waals surface area contributed by atoms with Crippen molar-refractivity contribution in [1.29, 1.82) is 0 Å². The van der Waals surface area contributed by atoms with Crippen molar-refractivity contribution in [2.45, 2.75) is 18.3 Å². The van der Waals surface area contributed by atoms with E-state index in [9.17, 15) is 22.8 Å². The van der Waals surface area contributed by atoms with Gasteiger partial charge >= 0.3 is 18.1 Å². The molecule has 0 aliphatic carbocycles. The molecule has 1 aliphatic rings. The third-order valence-electron chi connectivity index (χ3n) is 4.27. The summed E-state index contributed by atoms with van der Waals surface area (Å²) in [5.41, 5.74) is 1.55. The van der Waals surface area contributed by atoms with E-state index in [1.165, 1.54) is 12.4 Å². The van der Waals surface area contributed by atoms with E-state index < -0.39 is 30.3 Å². The van der Waals surface area contributed by atoms with Gasteiger partial charge in [0.1, 0.15) is 11.9 Å². The molecule has 28 heavy (non-hydrogen) atoms. The number of hydrogen-bond acceptors (Lipinski definition) is 4. The van der Waals surface area contributed by atoms with Crippen molar-refractivity contribution >= 4 is 17.6 Å². The van der Waals surface area contributed by atoms with Crippen molar-refractivity contribution < 1.29 is 27.5 Å². The van der Waals surface area contributed by atoms with Crippen LogP contribution in [0, 0.1) is 0 Å². The molecule has 2 N–H and O–H groups in total. The third-order valence-corrected chi connectivity index (χ3v) is 4.27. The summed E-state index contributed by atoms with van der Waals surface area (Å²) in [5, 5.41) is 4.60. The fourth-order valence-electron chi connectivity index (χ4n) is 2.91. The molecular weight excluding hydrogens is 375 g/mol. The highest BCUT2D eigenvalue weighted by Crippen LogP contribution is 2.37. The summed E-state index contributed by atoms with van der Waals surface area (Å²) in [6.45, 7) is 0.00483. The van der Waals surface area contributed by atoms with Gasteiger partial charge in [-0.05, 0) is 17.7 Å². The lowest BCUT2D eigenvalue weighted by Gasteiger charge is -2.37. The Kier molecular flexibility index (Phi) is 5.43. The van der Waals surface area contributed by atoms with Gasteiger partial charge < -0.3 is 15.0 Å². The second-order valence-corrected chi connectivity index (χ2v) is 6.33. The van der Waals surface area contributed by atoms with Crippen molar-refractivity contribution in [1.82, 2.24) is 10.2 Å². The Hall–Kier alpha value is -3.23. The van der Waals surface area contributed by atoms with Crippen LogP contribution >= 0.6 is 0 Å². The fourth-order valence-corrected chi connectivity index (χ4v) is 2.91. The maximum Gasteiger partial charge on any atom is 0.471 e. The number of urea groups is 1. The minimum absolute atomic E-state index is 0.00483. The van der Waals surface area contributed by atoms with Crippen molar-refractivity contribution in [3.8, 4) is 5.75 Å². The lowest BCUT2D eigenvalue weighted by Crippen LogP contribution is -2.50. The van der Waals surface area contributed by atoms with Crippen molar-refractivity contribution in [3.05, 3.63) is 60.2 Å². The van der Waals surface area contributed by atoms with Gasteiger partial charge in [0.05, 0.1) is 11.7 Å². The summed E-state index contributed by atoms with van der Waals surface area (Å²) >= 11 is 0. The number of anilines is 1. The second kappa shape index (κ2) is 7.79. The number of imide groups is 1. The van der Waals surface area contributed by atoms with E-state index in [4.69, 9.17) is 4.74 Å². The Morgan fingerprint density at radius 1 is 1.11 bits per heavy atom. The molecule has 9 heteroatoms. The number of halogens is 3. The van der Waals surface area contributed by atoms with Gasteiger partial charge in [0.25, 0.3) is 0 Å². The number of fused-ring (bicyclic) bond motifs is 1. The molecule has 0 aromatic heterocycles. The zero-order valence-corrected chi connectivity index (χ0v) is 14.9. The zero-order valence-electron chi connectivity index (χ0n) is 14.9. The topological polar surface area (TPSA) is 70.7 Å². The van der Waals surface area contributed by atoms with Gasteiger partial charge in [0.2, 0.25) is 0 Å².